The highest BCUT2D eigenvalue weighted by Crippen LogP contribution is 2.41. The lowest BCUT2D eigenvalue weighted by Crippen LogP contribution is -2.49. The van der Waals surface area contributed by atoms with E-state index in [-0.39, 0.29) is 12.5 Å². The monoisotopic (exact) mass is 469 g/mol. The number of rotatable bonds is 6. The van der Waals surface area contributed by atoms with Gasteiger partial charge in [-0.2, -0.15) is 0 Å². The van der Waals surface area contributed by atoms with Crippen molar-refractivity contribution in [1.82, 2.24) is 9.88 Å². The van der Waals surface area contributed by atoms with Crippen LogP contribution in [0, 0.1) is 6.92 Å². The van der Waals surface area contributed by atoms with Crippen LogP contribution in [0.3, 0.4) is 0 Å². The summed E-state index contributed by atoms with van der Waals surface area (Å²) in [5.41, 5.74) is 1.66. The van der Waals surface area contributed by atoms with E-state index in [1.807, 2.05) is 24.0 Å². The van der Waals surface area contributed by atoms with Crippen LogP contribution in [-0.4, -0.2) is 68.8 Å². The lowest BCUT2D eigenvalue weighted by atomic mass is 10.1. The molecule has 174 valence electrons. The van der Waals surface area contributed by atoms with Gasteiger partial charge in [0.15, 0.2) is 0 Å². The Morgan fingerprint density at radius 2 is 1.73 bits per heavy atom. The summed E-state index contributed by atoms with van der Waals surface area (Å²) in [7, 11) is 3.17. The smallest absolute Gasteiger partial charge is 0.341 e. The van der Waals surface area contributed by atoms with Gasteiger partial charge in [-0.1, -0.05) is 0 Å². The van der Waals surface area contributed by atoms with Crippen molar-refractivity contribution in [2.75, 3.05) is 51.9 Å². The molecule has 1 fully saturated rings. The van der Waals surface area contributed by atoms with Crippen LogP contribution < -0.4 is 14.4 Å². The molecule has 0 N–H and O–H groups in total. The van der Waals surface area contributed by atoms with Gasteiger partial charge in [0.2, 0.25) is 0 Å². The van der Waals surface area contributed by atoms with Crippen LogP contribution in [-0.2, 0) is 4.74 Å². The second kappa shape index (κ2) is 9.66. The number of benzene rings is 1. The van der Waals surface area contributed by atoms with Crippen LogP contribution >= 0.6 is 11.3 Å². The number of hydrogen-bond acceptors (Lipinski definition) is 8. The van der Waals surface area contributed by atoms with Gasteiger partial charge in [0, 0.05) is 37.3 Å². The van der Waals surface area contributed by atoms with Crippen molar-refractivity contribution in [2.45, 2.75) is 13.8 Å². The molecular formula is C24H27N3O5S. The number of esters is 1. The van der Waals surface area contributed by atoms with Gasteiger partial charge in [0.25, 0.3) is 5.91 Å². The molecular weight excluding hydrogens is 442 g/mol. The maximum Gasteiger partial charge on any atom is 0.341 e. The summed E-state index contributed by atoms with van der Waals surface area (Å²) >= 11 is 1.50. The molecule has 0 saturated carbocycles. The summed E-state index contributed by atoms with van der Waals surface area (Å²) in [5, 5.41) is 0.691. The molecule has 1 aliphatic rings. The molecule has 1 amide bonds. The van der Waals surface area contributed by atoms with E-state index < -0.39 is 5.97 Å². The molecule has 0 aliphatic carbocycles. The normalized spacial score (nSPS) is 13.8. The maximum atomic E-state index is 12.9. The molecule has 1 aliphatic heterocycles. The second-order valence-corrected chi connectivity index (χ2v) is 8.91. The Balaban J connectivity index is 1.73. The van der Waals surface area contributed by atoms with E-state index in [0.717, 1.165) is 9.75 Å². The SMILES string of the molecule is CCOC(=O)c1cnc2c(OC)ccc(OC)c2c1N1CCN(C(=O)c2ccc(C)s2)CC1. The predicted molar refractivity (Wildman–Crippen MR) is 128 cm³/mol. The molecule has 1 saturated heterocycles. The first-order valence-corrected chi connectivity index (χ1v) is 11.6. The van der Waals surface area contributed by atoms with Crippen LogP contribution in [0.2, 0.25) is 0 Å². The van der Waals surface area contributed by atoms with Crippen molar-refractivity contribution in [1.29, 1.82) is 0 Å². The highest BCUT2D eigenvalue weighted by atomic mass is 32.1. The lowest BCUT2D eigenvalue weighted by Gasteiger charge is -2.37. The summed E-state index contributed by atoms with van der Waals surface area (Å²) in [6.07, 6.45) is 1.53. The van der Waals surface area contributed by atoms with E-state index in [0.29, 0.717) is 59.8 Å². The summed E-state index contributed by atoms with van der Waals surface area (Å²) in [5.74, 6) is 0.771. The zero-order valence-corrected chi connectivity index (χ0v) is 20.0. The maximum absolute atomic E-state index is 12.9. The van der Waals surface area contributed by atoms with Crippen LogP contribution in [0.4, 0.5) is 5.69 Å². The number of aromatic nitrogens is 1. The van der Waals surface area contributed by atoms with Gasteiger partial charge < -0.3 is 24.0 Å². The molecule has 0 spiro atoms. The fourth-order valence-corrected chi connectivity index (χ4v) is 4.93. The number of ether oxygens (including phenoxy) is 3. The topological polar surface area (TPSA) is 81.2 Å². The Labute approximate surface area is 196 Å². The summed E-state index contributed by atoms with van der Waals surface area (Å²) in [6, 6.07) is 7.44. The van der Waals surface area contributed by atoms with E-state index in [1.54, 1.807) is 33.3 Å². The molecule has 0 radical (unpaired) electrons. The first kappa shape index (κ1) is 22.8. The number of fused-ring (bicyclic) bond motifs is 1. The minimum Gasteiger partial charge on any atom is -0.496 e. The van der Waals surface area contributed by atoms with Gasteiger partial charge in [-0.3, -0.25) is 9.78 Å². The number of amides is 1. The third-order valence-corrected chi connectivity index (χ3v) is 6.68. The van der Waals surface area contributed by atoms with E-state index in [4.69, 9.17) is 14.2 Å². The fraction of sp³-hybridized carbons (Fsp3) is 0.375. The molecule has 8 nitrogen and oxygen atoms in total. The highest BCUT2D eigenvalue weighted by molar-refractivity contribution is 7.13. The molecule has 9 heteroatoms. The molecule has 4 rings (SSSR count). The zero-order chi connectivity index (χ0) is 23.5. The Hall–Kier alpha value is -3.33. The minimum atomic E-state index is -0.445. The molecule has 0 bridgehead atoms. The van der Waals surface area contributed by atoms with Crippen molar-refractivity contribution in [2.24, 2.45) is 0 Å². The van der Waals surface area contributed by atoms with Gasteiger partial charge in [-0.05, 0) is 38.1 Å². The minimum absolute atomic E-state index is 0.0391. The second-order valence-electron chi connectivity index (χ2n) is 7.62. The van der Waals surface area contributed by atoms with Crippen molar-refractivity contribution in [3.05, 3.63) is 45.8 Å². The van der Waals surface area contributed by atoms with Crippen LogP contribution in [0.15, 0.2) is 30.5 Å². The number of anilines is 1. The number of nitrogens with zero attached hydrogens (tertiary/aromatic N) is 3. The zero-order valence-electron chi connectivity index (χ0n) is 19.2. The third-order valence-electron chi connectivity index (χ3n) is 5.69. The first-order valence-electron chi connectivity index (χ1n) is 10.8. The number of pyridine rings is 1. The lowest BCUT2D eigenvalue weighted by molar-refractivity contribution is 0.0525. The fourth-order valence-electron chi connectivity index (χ4n) is 4.10. The molecule has 33 heavy (non-hydrogen) atoms. The number of carbonyl (C=O) groups excluding carboxylic acids is 2. The average Bonchev–Trinajstić information content (AvgIpc) is 3.28. The van der Waals surface area contributed by atoms with Crippen molar-refractivity contribution in [3.63, 3.8) is 0 Å². The van der Waals surface area contributed by atoms with Crippen LogP contribution in [0.5, 0.6) is 11.5 Å². The van der Waals surface area contributed by atoms with Crippen molar-refractivity contribution < 1.29 is 23.8 Å². The summed E-state index contributed by atoms with van der Waals surface area (Å²) in [6.45, 7) is 6.21. The standard InChI is InChI=1S/C24H27N3O5S/c1-5-32-24(29)16-14-25-21-18(31-4)8-7-17(30-3)20(21)22(16)26-10-12-27(13-11-26)23(28)19-9-6-15(2)33-19/h6-9,14H,5,10-13H2,1-4H3. The number of methoxy groups -OCH3 is 2. The molecule has 0 atom stereocenters. The van der Waals surface area contributed by atoms with Gasteiger partial charge in [0.1, 0.15) is 22.6 Å². The quantitative estimate of drug-likeness (QED) is 0.509. The van der Waals surface area contributed by atoms with E-state index in [2.05, 4.69) is 9.88 Å². The molecule has 3 heterocycles. The number of thiophene rings is 1. The van der Waals surface area contributed by atoms with Gasteiger partial charge in [-0.15, -0.1) is 11.3 Å². The van der Waals surface area contributed by atoms with E-state index in [1.165, 1.54) is 17.5 Å². The van der Waals surface area contributed by atoms with Gasteiger partial charge in [0.05, 0.1) is 36.8 Å². The Kier molecular flexibility index (Phi) is 6.69. The van der Waals surface area contributed by atoms with Crippen molar-refractivity contribution >= 4 is 39.8 Å². The van der Waals surface area contributed by atoms with Crippen molar-refractivity contribution in [3.8, 4) is 11.5 Å². The largest absolute Gasteiger partial charge is 0.496 e. The summed E-state index contributed by atoms with van der Waals surface area (Å²) < 4.78 is 16.5. The molecule has 3 aromatic rings. The Morgan fingerprint density at radius 3 is 2.33 bits per heavy atom. The van der Waals surface area contributed by atoms with Gasteiger partial charge in [-0.25, -0.2) is 4.79 Å². The molecule has 0 unspecified atom stereocenters. The first-order chi connectivity index (χ1) is 16.0. The Morgan fingerprint density at radius 1 is 1.03 bits per heavy atom. The highest BCUT2D eigenvalue weighted by Gasteiger charge is 2.29. The predicted octanol–water partition coefficient (Wildman–Crippen LogP) is 3.76. The molecule has 1 aromatic carbocycles. The van der Waals surface area contributed by atoms with E-state index in [9.17, 15) is 9.59 Å². The average molecular weight is 470 g/mol. The third kappa shape index (κ3) is 4.32. The Bertz CT molecular complexity index is 1180. The van der Waals surface area contributed by atoms with Crippen LogP contribution in [0.25, 0.3) is 10.9 Å². The summed E-state index contributed by atoms with van der Waals surface area (Å²) in [4.78, 5) is 36.1. The van der Waals surface area contributed by atoms with Gasteiger partial charge >= 0.3 is 5.97 Å². The molecule has 2 aromatic heterocycles. The number of aryl methyl sites for hydroxylation is 1. The number of carbonyl (C=O) groups is 2. The van der Waals surface area contributed by atoms with Crippen LogP contribution in [0.1, 0.15) is 31.8 Å². The van der Waals surface area contributed by atoms with E-state index >= 15 is 0 Å². The number of hydrogen-bond donors (Lipinski definition) is 0. The number of piperazine rings is 1.